The van der Waals surface area contributed by atoms with Crippen LogP contribution < -0.4 is 5.32 Å². The number of carbonyl (C=O) groups excluding carboxylic acids is 1. The smallest absolute Gasteiger partial charge is 0.322 e. The Morgan fingerprint density at radius 3 is 3.00 bits per heavy atom. The van der Waals surface area contributed by atoms with Crippen molar-refractivity contribution in [3.63, 3.8) is 0 Å². The number of thiazole rings is 1. The Balaban J connectivity index is 1.65. The normalized spacial score (nSPS) is 18.0. The molecule has 1 aliphatic heterocycles. The molecule has 5 nitrogen and oxygen atoms in total. The predicted molar refractivity (Wildman–Crippen MR) is 91.9 cm³/mol. The molecule has 1 N–H and O–H groups in total. The summed E-state index contributed by atoms with van der Waals surface area (Å²) in [5.41, 5.74) is 1.10. The van der Waals surface area contributed by atoms with Crippen molar-refractivity contribution in [1.82, 2.24) is 9.88 Å². The summed E-state index contributed by atoms with van der Waals surface area (Å²) in [6.45, 7) is 5.26. The SMILES string of the molecule is CC(C)c1ccc(NC(=O)N2CCO[C@@H](c3nccs3)C2)cc1F. The van der Waals surface area contributed by atoms with E-state index >= 15 is 0 Å². The number of nitrogens with zero attached hydrogens (tertiary/aromatic N) is 2. The maximum absolute atomic E-state index is 14.0. The highest BCUT2D eigenvalue weighted by atomic mass is 32.1. The molecule has 0 aliphatic carbocycles. The molecular weight excluding hydrogens is 329 g/mol. The van der Waals surface area contributed by atoms with Crippen molar-refractivity contribution in [2.45, 2.75) is 25.9 Å². The van der Waals surface area contributed by atoms with Gasteiger partial charge in [-0.3, -0.25) is 0 Å². The molecule has 0 radical (unpaired) electrons. The third-order valence-electron chi connectivity index (χ3n) is 3.95. The van der Waals surface area contributed by atoms with E-state index < -0.39 is 0 Å². The zero-order valence-corrected chi connectivity index (χ0v) is 14.5. The fourth-order valence-corrected chi connectivity index (χ4v) is 3.33. The first-order valence-corrected chi connectivity index (χ1v) is 8.79. The topological polar surface area (TPSA) is 54.5 Å². The number of hydrogen-bond acceptors (Lipinski definition) is 4. The number of benzene rings is 1. The number of amides is 2. The molecule has 3 rings (SSSR count). The van der Waals surface area contributed by atoms with E-state index in [4.69, 9.17) is 4.74 Å². The van der Waals surface area contributed by atoms with Gasteiger partial charge in [-0.2, -0.15) is 0 Å². The van der Waals surface area contributed by atoms with E-state index in [1.807, 2.05) is 19.2 Å². The number of urea groups is 1. The number of ether oxygens (including phenoxy) is 1. The van der Waals surface area contributed by atoms with Crippen LogP contribution in [0.2, 0.25) is 0 Å². The van der Waals surface area contributed by atoms with Gasteiger partial charge in [0.15, 0.2) is 0 Å². The molecule has 1 fully saturated rings. The number of hydrogen-bond donors (Lipinski definition) is 1. The van der Waals surface area contributed by atoms with E-state index in [1.54, 1.807) is 23.2 Å². The largest absolute Gasteiger partial charge is 0.367 e. The number of morpholine rings is 1. The van der Waals surface area contributed by atoms with Crippen molar-refractivity contribution < 1.29 is 13.9 Å². The molecule has 0 bridgehead atoms. The van der Waals surface area contributed by atoms with E-state index in [-0.39, 0.29) is 23.9 Å². The van der Waals surface area contributed by atoms with Crippen LogP contribution in [0.4, 0.5) is 14.9 Å². The second-order valence-electron chi connectivity index (χ2n) is 6.00. The summed E-state index contributed by atoms with van der Waals surface area (Å²) in [7, 11) is 0. The molecule has 24 heavy (non-hydrogen) atoms. The summed E-state index contributed by atoms with van der Waals surface area (Å²) in [5.74, 6) is -0.196. The van der Waals surface area contributed by atoms with Crippen LogP contribution in [-0.4, -0.2) is 35.6 Å². The van der Waals surface area contributed by atoms with E-state index in [9.17, 15) is 9.18 Å². The molecule has 2 amide bonds. The summed E-state index contributed by atoms with van der Waals surface area (Å²) < 4.78 is 19.7. The van der Waals surface area contributed by atoms with Gasteiger partial charge in [0.1, 0.15) is 16.9 Å². The molecule has 2 heterocycles. The molecule has 0 saturated carbocycles. The van der Waals surface area contributed by atoms with Crippen LogP contribution in [0.15, 0.2) is 29.8 Å². The molecule has 128 valence electrons. The monoisotopic (exact) mass is 349 g/mol. The van der Waals surface area contributed by atoms with Gasteiger partial charge in [-0.05, 0) is 23.6 Å². The Hall–Kier alpha value is -1.99. The van der Waals surface area contributed by atoms with Gasteiger partial charge in [0.2, 0.25) is 0 Å². The minimum absolute atomic E-state index is 0.105. The number of nitrogens with one attached hydrogen (secondary N) is 1. The van der Waals surface area contributed by atoms with Crippen LogP contribution in [-0.2, 0) is 4.74 Å². The Morgan fingerprint density at radius 1 is 1.50 bits per heavy atom. The first kappa shape index (κ1) is 16.9. The van der Waals surface area contributed by atoms with Gasteiger partial charge in [-0.25, -0.2) is 14.2 Å². The third-order valence-corrected chi connectivity index (χ3v) is 4.82. The fourth-order valence-electron chi connectivity index (χ4n) is 2.65. The minimum Gasteiger partial charge on any atom is -0.367 e. The molecule has 1 aromatic carbocycles. The molecular formula is C17H20FN3O2S. The van der Waals surface area contributed by atoms with Crippen LogP contribution in [0.25, 0.3) is 0 Å². The Morgan fingerprint density at radius 2 is 2.33 bits per heavy atom. The zero-order chi connectivity index (χ0) is 17.1. The van der Waals surface area contributed by atoms with E-state index in [0.29, 0.717) is 30.9 Å². The minimum atomic E-state index is -0.301. The van der Waals surface area contributed by atoms with Gasteiger partial charge < -0.3 is 15.0 Å². The molecule has 7 heteroatoms. The predicted octanol–water partition coefficient (Wildman–Crippen LogP) is 4.01. The Labute approximate surface area is 144 Å². The fraction of sp³-hybridized carbons (Fsp3) is 0.412. The lowest BCUT2D eigenvalue weighted by atomic mass is 10.0. The van der Waals surface area contributed by atoms with Gasteiger partial charge >= 0.3 is 6.03 Å². The molecule has 1 aromatic heterocycles. The summed E-state index contributed by atoms with van der Waals surface area (Å²) in [5, 5.41) is 5.51. The number of carbonyl (C=O) groups is 1. The number of aromatic nitrogens is 1. The van der Waals surface area contributed by atoms with E-state index in [1.165, 1.54) is 17.4 Å². The lowest BCUT2D eigenvalue weighted by Crippen LogP contribution is -2.44. The number of rotatable bonds is 3. The molecule has 0 spiro atoms. The standard InChI is InChI=1S/C17H20FN3O2S/c1-11(2)13-4-3-12(9-14(13)18)20-17(22)21-6-7-23-15(10-21)16-19-5-8-24-16/h3-5,8-9,11,15H,6-7,10H2,1-2H3,(H,20,22)/t15-/m1/s1. The van der Waals surface area contributed by atoms with E-state index in [2.05, 4.69) is 10.3 Å². The average Bonchev–Trinajstić information content (AvgIpc) is 3.09. The first-order valence-electron chi connectivity index (χ1n) is 7.91. The summed E-state index contributed by atoms with van der Waals surface area (Å²) in [6, 6.07) is 4.56. The number of anilines is 1. The maximum atomic E-state index is 14.0. The highest BCUT2D eigenvalue weighted by Crippen LogP contribution is 2.25. The molecule has 1 atom stereocenters. The molecule has 2 aromatic rings. The van der Waals surface area contributed by atoms with Crippen molar-refractivity contribution in [1.29, 1.82) is 0 Å². The second kappa shape index (κ2) is 7.27. The quantitative estimate of drug-likeness (QED) is 0.911. The van der Waals surface area contributed by atoms with E-state index in [0.717, 1.165) is 5.01 Å². The zero-order valence-electron chi connectivity index (χ0n) is 13.7. The van der Waals surface area contributed by atoms with Crippen LogP contribution >= 0.6 is 11.3 Å². The van der Waals surface area contributed by atoms with Crippen molar-refractivity contribution in [3.05, 3.63) is 46.2 Å². The number of halogens is 1. The summed E-state index contributed by atoms with van der Waals surface area (Å²) >= 11 is 1.51. The molecule has 0 unspecified atom stereocenters. The lowest BCUT2D eigenvalue weighted by Gasteiger charge is -2.32. The lowest BCUT2D eigenvalue weighted by molar-refractivity contribution is -0.0135. The van der Waals surface area contributed by atoms with Crippen molar-refractivity contribution in [2.24, 2.45) is 0 Å². The summed E-state index contributed by atoms with van der Waals surface area (Å²) in [6.07, 6.45) is 1.52. The first-order chi connectivity index (χ1) is 11.5. The average molecular weight is 349 g/mol. The van der Waals surface area contributed by atoms with Gasteiger partial charge in [0.25, 0.3) is 0 Å². The van der Waals surface area contributed by atoms with Crippen molar-refractivity contribution in [2.75, 3.05) is 25.0 Å². The van der Waals surface area contributed by atoms with Gasteiger partial charge in [0.05, 0.1) is 13.2 Å². The summed E-state index contributed by atoms with van der Waals surface area (Å²) in [4.78, 5) is 18.3. The van der Waals surface area contributed by atoms with Crippen molar-refractivity contribution >= 4 is 23.1 Å². The Kier molecular flexibility index (Phi) is 5.11. The van der Waals surface area contributed by atoms with Crippen LogP contribution in [0, 0.1) is 5.82 Å². The Bertz CT molecular complexity index is 706. The van der Waals surface area contributed by atoms with Gasteiger partial charge in [-0.15, -0.1) is 11.3 Å². The highest BCUT2D eigenvalue weighted by Gasteiger charge is 2.27. The van der Waals surface area contributed by atoms with Crippen LogP contribution in [0.5, 0.6) is 0 Å². The van der Waals surface area contributed by atoms with Crippen LogP contribution in [0.3, 0.4) is 0 Å². The van der Waals surface area contributed by atoms with Crippen LogP contribution in [0.1, 0.15) is 36.4 Å². The van der Waals surface area contributed by atoms with Crippen molar-refractivity contribution in [3.8, 4) is 0 Å². The maximum Gasteiger partial charge on any atom is 0.322 e. The third kappa shape index (κ3) is 3.73. The van der Waals surface area contributed by atoms with Gasteiger partial charge in [-0.1, -0.05) is 19.9 Å². The van der Waals surface area contributed by atoms with Gasteiger partial charge in [0, 0.05) is 23.8 Å². The second-order valence-corrected chi connectivity index (χ2v) is 6.92. The highest BCUT2D eigenvalue weighted by molar-refractivity contribution is 7.09. The molecule has 1 aliphatic rings. The molecule has 1 saturated heterocycles.